The smallest absolute Gasteiger partial charge is 0.00670 e. The van der Waals surface area contributed by atoms with Gasteiger partial charge in [-0.1, -0.05) is 59.8 Å². The van der Waals surface area contributed by atoms with Crippen molar-refractivity contribution < 1.29 is 0 Å². The van der Waals surface area contributed by atoms with Crippen LogP contribution in [0.25, 0.3) is 0 Å². The minimum absolute atomic E-state index is 0.243. The third-order valence-electron chi connectivity index (χ3n) is 3.94. The summed E-state index contributed by atoms with van der Waals surface area (Å²) in [4.78, 5) is 2.59. The maximum Gasteiger partial charge on any atom is 0.00670 e. The molecule has 0 saturated heterocycles. The van der Waals surface area contributed by atoms with Crippen molar-refractivity contribution in [3.63, 3.8) is 0 Å². The van der Waals surface area contributed by atoms with Crippen molar-refractivity contribution in [3.05, 3.63) is 0 Å². The fraction of sp³-hybridized carbons (Fsp3) is 1.00. The molecule has 0 aliphatic heterocycles. The van der Waals surface area contributed by atoms with E-state index < -0.39 is 0 Å². The third kappa shape index (κ3) is 8.10. The van der Waals surface area contributed by atoms with Crippen LogP contribution in [0.15, 0.2) is 0 Å². The van der Waals surface area contributed by atoms with Gasteiger partial charge in [-0.3, -0.25) is 0 Å². The number of hydrogen-bond donors (Lipinski definition) is 1. The van der Waals surface area contributed by atoms with Gasteiger partial charge >= 0.3 is 0 Å². The van der Waals surface area contributed by atoms with Crippen molar-refractivity contribution in [3.8, 4) is 0 Å². The molecule has 0 radical (unpaired) electrons. The fourth-order valence-electron chi connectivity index (χ4n) is 2.42. The van der Waals surface area contributed by atoms with E-state index in [0.717, 1.165) is 19.6 Å². The zero-order valence-electron chi connectivity index (χ0n) is 13.5. The molecule has 1 unspecified atom stereocenters. The average Bonchev–Trinajstić information content (AvgIpc) is 2.35. The predicted molar refractivity (Wildman–Crippen MR) is 82.9 cm³/mol. The molecule has 0 aromatic heterocycles. The van der Waals surface area contributed by atoms with Crippen LogP contribution in [0.3, 0.4) is 0 Å². The van der Waals surface area contributed by atoms with Crippen LogP contribution in [0.4, 0.5) is 0 Å². The van der Waals surface area contributed by atoms with E-state index in [4.69, 9.17) is 5.73 Å². The molecule has 0 aliphatic rings. The Balaban J connectivity index is 3.92. The van der Waals surface area contributed by atoms with E-state index in [1.54, 1.807) is 0 Å². The molecule has 0 aromatic carbocycles. The first-order chi connectivity index (χ1) is 8.46. The molecule has 1 atom stereocenters. The normalized spacial score (nSPS) is 14.2. The van der Waals surface area contributed by atoms with Crippen molar-refractivity contribution >= 4 is 0 Å². The molecule has 2 heteroatoms. The van der Waals surface area contributed by atoms with Crippen molar-refractivity contribution in [1.82, 2.24) is 4.90 Å². The number of unbranched alkanes of at least 4 members (excludes halogenated alkanes) is 4. The Morgan fingerprint density at radius 3 is 2.17 bits per heavy atom. The standard InChI is InChI=1S/C16H36N2/c1-6-8-9-10-11-12-15(3)18(7-2)14-16(4,5)13-17/h15H,6-14,17H2,1-5H3. The summed E-state index contributed by atoms with van der Waals surface area (Å²) in [5.74, 6) is 0. The highest BCUT2D eigenvalue weighted by Crippen LogP contribution is 2.19. The first-order valence-corrected chi connectivity index (χ1v) is 7.91. The summed E-state index contributed by atoms with van der Waals surface area (Å²) in [6.45, 7) is 14.5. The lowest BCUT2D eigenvalue weighted by Crippen LogP contribution is -2.43. The zero-order valence-corrected chi connectivity index (χ0v) is 13.5. The first-order valence-electron chi connectivity index (χ1n) is 7.91. The maximum atomic E-state index is 5.84. The van der Waals surface area contributed by atoms with Gasteiger partial charge < -0.3 is 10.6 Å². The second-order valence-corrected chi connectivity index (χ2v) is 6.48. The van der Waals surface area contributed by atoms with Gasteiger partial charge in [-0.2, -0.15) is 0 Å². The second kappa shape index (κ2) is 9.80. The Morgan fingerprint density at radius 2 is 1.67 bits per heavy atom. The van der Waals surface area contributed by atoms with Gasteiger partial charge in [0, 0.05) is 12.6 Å². The maximum absolute atomic E-state index is 5.84. The zero-order chi connectivity index (χ0) is 14.0. The summed E-state index contributed by atoms with van der Waals surface area (Å²) in [5, 5.41) is 0. The van der Waals surface area contributed by atoms with Crippen LogP contribution in [0.5, 0.6) is 0 Å². The molecule has 18 heavy (non-hydrogen) atoms. The van der Waals surface area contributed by atoms with Crippen LogP contribution >= 0.6 is 0 Å². The third-order valence-corrected chi connectivity index (χ3v) is 3.94. The molecule has 0 aliphatic carbocycles. The largest absolute Gasteiger partial charge is 0.330 e. The molecule has 2 nitrogen and oxygen atoms in total. The second-order valence-electron chi connectivity index (χ2n) is 6.48. The van der Waals surface area contributed by atoms with Crippen LogP contribution in [-0.4, -0.2) is 30.6 Å². The van der Waals surface area contributed by atoms with Gasteiger partial charge in [0.25, 0.3) is 0 Å². The highest BCUT2D eigenvalue weighted by Gasteiger charge is 2.22. The van der Waals surface area contributed by atoms with Crippen LogP contribution in [-0.2, 0) is 0 Å². The van der Waals surface area contributed by atoms with Crippen molar-refractivity contribution in [1.29, 1.82) is 0 Å². The van der Waals surface area contributed by atoms with Crippen LogP contribution < -0.4 is 5.73 Å². The van der Waals surface area contributed by atoms with E-state index >= 15 is 0 Å². The molecule has 0 fully saturated rings. The van der Waals surface area contributed by atoms with E-state index in [1.165, 1.54) is 38.5 Å². The molecule has 0 spiro atoms. The molecule has 2 N–H and O–H groups in total. The molecule has 0 bridgehead atoms. The summed E-state index contributed by atoms with van der Waals surface area (Å²) in [7, 11) is 0. The van der Waals surface area contributed by atoms with E-state index in [-0.39, 0.29) is 5.41 Å². The molecule has 0 heterocycles. The molecular formula is C16H36N2. The molecule has 0 amide bonds. The number of nitrogens with two attached hydrogens (primary N) is 1. The molecule has 0 rings (SSSR count). The van der Waals surface area contributed by atoms with Crippen molar-refractivity contribution in [2.75, 3.05) is 19.6 Å². The highest BCUT2D eigenvalue weighted by molar-refractivity contribution is 4.77. The minimum atomic E-state index is 0.243. The SMILES string of the molecule is CCCCCCCC(C)N(CC)CC(C)(C)CN. The van der Waals surface area contributed by atoms with E-state index in [2.05, 4.69) is 39.5 Å². The van der Waals surface area contributed by atoms with Crippen molar-refractivity contribution in [2.24, 2.45) is 11.1 Å². The lowest BCUT2D eigenvalue weighted by atomic mass is 9.92. The van der Waals surface area contributed by atoms with Gasteiger partial charge in [0.05, 0.1) is 0 Å². The Labute approximate surface area is 115 Å². The fourth-order valence-corrected chi connectivity index (χ4v) is 2.42. The monoisotopic (exact) mass is 256 g/mol. The van der Waals surface area contributed by atoms with Gasteiger partial charge in [0.2, 0.25) is 0 Å². The Bertz CT molecular complexity index is 190. The summed E-state index contributed by atoms with van der Waals surface area (Å²) < 4.78 is 0. The lowest BCUT2D eigenvalue weighted by Gasteiger charge is -2.35. The molecule has 110 valence electrons. The Kier molecular flexibility index (Phi) is 9.76. The minimum Gasteiger partial charge on any atom is -0.330 e. The topological polar surface area (TPSA) is 29.3 Å². The first kappa shape index (κ1) is 17.9. The van der Waals surface area contributed by atoms with Gasteiger partial charge in [-0.05, 0) is 31.8 Å². The summed E-state index contributed by atoms with van der Waals surface area (Å²) >= 11 is 0. The number of nitrogens with zero attached hydrogens (tertiary/aromatic N) is 1. The highest BCUT2D eigenvalue weighted by atomic mass is 15.1. The lowest BCUT2D eigenvalue weighted by molar-refractivity contribution is 0.140. The van der Waals surface area contributed by atoms with E-state index in [0.29, 0.717) is 6.04 Å². The van der Waals surface area contributed by atoms with Gasteiger partial charge in [-0.25, -0.2) is 0 Å². The number of hydrogen-bond acceptors (Lipinski definition) is 2. The van der Waals surface area contributed by atoms with Gasteiger partial charge in [-0.15, -0.1) is 0 Å². The van der Waals surface area contributed by atoms with Crippen molar-refractivity contribution in [2.45, 2.75) is 79.2 Å². The number of rotatable bonds is 11. The predicted octanol–water partition coefficient (Wildman–Crippen LogP) is 4.04. The van der Waals surface area contributed by atoms with Gasteiger partial charge in [0.1, 0.15) is 0 Å². The summed E-state index contributed by atoms with van der Waals surface area (Å²) in [5.41, 5.74) is 6.08. The van der Waals surface area contributed by atoms with E-state index in [1.807, 2.05) is 0 Å². The van der Waals surface area contributed by atoms with Crippen LogP contribution in [0, 0.1) is 5.41 Å². The Hall–Kier alpha value is -0.0800. The Morgan fingerprint density at radius 1 is 1.06 bits per heavy atom. The average molecular weight is 256 g/mol. The molecule has 0 saturated carbocycles. The molecule has 0 aromatic rings. The quantitative estimate of drug-likeness (QED) is 0.565. The summed E-state index contributed by atoms with van der Waals surface area (Å²) in [6.07, 6.45) is 8.24. The summed E-state index contributed by atoms with van der Waals surface area (Å²) in [6, 6.07) is 0.697. The molecular weight excluding hydrogens is 220 g/mol. The van der Waals surface area contributed by atoms with Gasteiger partial charge in [0.15, 0.2) is 0 Å². The van der Waals surface area contributed by atoms with Crippen LogP contribution in [0.2, 0.25) is 0 Å². The van der Waals surface area contributed by atoms with E-state index in [9.17, 15) is 0 Å². The van der Waals surface area contributed by atoms with Crippen LogP contribution in [0.1, 0.15) is 73.1 Å².